The van der Waals surface area contributed by atoms with Gasteiger partial charge in [-0.15, -0.1) is 0 Å². The van der Waals surface area contributed by atoms with Crippen molar-refractivity contribution in [1.82, 2.24) is 4.98 Å². The van der Waals surface area contributed by atoms with Crippen LogP contribution in [0.25, 0.3) is 10.9 Å². The molecule has 0 bridgehead atoms. The molecule has 1 saturated carbocycles. The number of ether oxygens (including phenoxy) is 2. The third-order valence-corrected chi connectivity index (χ3v) is 3.46. The highest BCUT2D eigenvalue weighted by Crippen LogP contribution is 2.43. The van der Waals surface area contributed by atoms with Crippen molar-refractivity contribution >= 4 is 16.9 Å². The summed E-state index contributed by atoms with van der Waals surface area (Å²) in [7, 11) is 2.88. The number of rotatable bonds is 3. The predicted octanol–water partition coefficient (Wildman–Crippen LogP) is 2.91. The summed E-state index contributed by atoms with van der Waals surface area (Å²) in [5.74, 6) is 0.562. The first-order chi connectivity index (χ1) is 9.24. The quantitative estimate of drug-likeness (QED) is 0.793. The second-order valence-corrected chi connectivity index (χ2v) is 4.72. The molecule has 0 spiro atoms. The molecule has 0 radical (unpaired) electrons. The smallest absolute Gasteiger partial charge is 0.360 e. The third-order valence-electron chi connectivity index (χ3n) is 3.46. The van der Waals surface area contributed by atoms with Crippen LogP contribution in [-0.4, -0.2) is 25.2 Å². The molecule has 1 aromatic heterocycles. The minimum Gasteiger partial charge on any atom is -0.494 e. The van der Waals surface area contributed by atoms with Crippen molar-refractivity contribution < 1.29 is 14.3 Å². The van der Waals surface area contributed by atoms with E-state index in [1.165, 1.54) is 32.6 Å². The van der Waals surface area contributed by atoms with Gasteiger partial charge in [-0.1, -0.05) is 18.2 Å². The van der Waals surface area contributed by atoms with Crippen LogP contribution in [-0.2, 0) is 4.74 Å². The number of hydrogen-bond acceptors (Lipinski definition) is 4. The Bertz CT molecular complexity index is 647. The fourth-order valence-electron chi connectivity index (χ4n) is 2.32. The molecule has 0 unspecified atom stereocenters. The van der Waals surface area contributed by atoms with E-state index in [2.05, 4.69) is 11.1 Å². The lowest BCUT2D eigenvalue weighted by Crippen LogP contribution is -2.07. The van der Waals surface area contributed by atoms with E-state index in [0.717, 1.165) is 10.9 Å². The fraction of sp³-hybridized carbons (Fsp3) is 0.333. The number of esters is 1. The van der Waals surface area contributed by atoms with Gasteiger partial charge in [0.05, 0.1) is 19.7 Å². The number of para-hydroxylation sites is 1. The number of nitrogens with zero attached hydrogens (tertiary/aromatic N) is 1. The zero-order valence-electron chi connectivity index (χ0n) is 11.0. The van der Waals surface area contributed by atoms with Gasteiger partial charge in [-0.05, 0) is 30.4 Å². The van der Waals surface area contributed by atoms with Crippen molar-refractivity contribution in [2.45, 2.75) is 18.8 Å². The van der Waals surface area contributed by atoms with Gasteiger partial charge in [0.2, 0.25) is 0 Å². The molecule has 1 aromatic carbocycles. The summed E-state index contributed by atoms with van der Waals surface area (Å²) >= 11 is 0. The van der Waals surface area contributed by atoms with E-state index in [1.807, 2.05) is 18.2 Å². The van der Waals surface area contributed by atoms with Crippen molar-refractivity contribution in [1.29, 1.82) is 0 Å². The van der Waals surface area contributed by atoms with Gasteiger partial charge in [0.1, 0.15) is 0 Å². The number of benzene rings is 1. The molecule has 0 aliphatic heterocycles. The first-order valence-corrected chi connectivity index (χ1v) is 6.30. The molecule has 1 aliphatic carbocycles. The number of carbonyl (C=O) groups is 1. The number of carbonyl (C=O) groups excluding carboxylic acids is 1. The summed E-state index contributed by atoms with van der Waals surface area (Å²) < 4.78 is 9.99. The highest BCUT2D eigenvalue weighted by molar-refractivity contribution is 5.95. The molecule has 0 saturated heterocycles. The lowest BCUT2D eigenvalue weighted by atomic mass is 10.1. The molecule has 0 amide bonds. The fourth-order valence-corrected chi connectivity index (χ4v) is 2.32. The lowest BCUT2D eigenvalue weighted by molar-refractivity contribution is 0.0590. The maximum atomic E-state index is 11.8. The summed E-state index contributed by atoms with van der Waals surface area (Å²) in [6, 6.07) is 7.94. The van der Waals surface area contributed by atoms with Gasteiger partial charge >= 0.3 is 5.97 Å². The Kier molecular flexibility index (Phi) is 2.85. The first-order valence-electron chi connectivity index (χ1n) is 6.30. The SMILES string of the molecule is COC(=O)c1nc2c(C3CC3)cccc2cc1OC. The van der Waals surface area contributed by atoms with Gasteiger partial charge in [-0.25, -0.2) is 9.78 Å². The Balaban J connectivity index is 2.24. The average molecular weight is 257 g/mol. The Morgan fingerprint density at radius 3 is 2.74 bits per heavy atom. The highest BCUT2D eigenvalue weighted by atomic mass is 16.5. The van der Waals surface area contributed by atoms with E-state index < -0.39 is 5.97 Å². The predicted molar refractivity (Wildman–Crippen MR) is 71.6 cm³/mol. The van der Waals surface area contributed by atoms with E-state index in [-0.39, 0.29) is 5.69 Å². The van der Waals surface area contributed by atoms with Crippen molar-refractivity contribution in [2.24, 2.45) is 0 Å². The highest BCUT2D eigenvalue weighted by Gasteiger charge is 2.27. The van der Waals surface area contributed by atoms with E-state index in [9.17, 15) is 4.79 Å². The Labute approximate surface area is 111 Å². The second-order valence-electron chi connectivity index (χ2n) is 4.72. The van der Waals surface area contributed by atoms with Crippen LogP contribution in [0, 0.1) is 0 Å². The Morgan fingerprint density at radius 1 is 1.32 bits per heavy atom. The minimum absolute atomic E-state index is 0.241. The molecule has 1 fully saturated rings. The molecule has 1 aliphatic rings. The van der Waals surface area contributed by atoms with Gasteiger partial charge in [-0.2, -0.15) is 0 Å². The molecular formula is C15H15NO3. The standard InChI is InChI=1S/C15H15NO3/c1-18-12-8-10-4-3-5-11(9-6-7-9)13(10)16-14(12)15(17)19-2/h3-5,8-9H,6-7H2,1-2H3. The minimum atomic E-state index is -0.468. The number of fused-ring (bicyclic) bond motifs is 1. The second kappa shape index (κ2) is 4.53. The van der Waals surface area contributed by atoms with E-state index in [4.69, 9.17) is 9.47 Å². The molecule has 3 rings (SSSR count). The van der Waals surface area contributed by atoms with Gasteiger partial charge in [0.15, 0.2) is 11.4 Å². The molecular weight excluding hydrogens is 242 g/mol. The molecule has 2 aromatic rings. The van der Waals surface area contributed by atoms with Crippen LogP contribution in [0.1, 0.15) is 34.8 Å². The first kappa shape index (κ1) is 12.0. The van der Waals surface area contributed by atoms with Crippen LogP contribution in [0.3, 0.4) is 0 Å². The summed E-state index contributed by atoms with van der Waals surface area (Å²) in [6.07, 6.45) is 2.39. The topological polar surface area (TPSA) is 48.4 Å². The van der Waals surface area contributed by atoms with Crippen LogP contribution >= 0.6 is 0 Å². The monoisotopic (exact) mass is 257 g/mol. The van der Waals surface area contributed by atoms with Gasteiger partial charge in [0.25, 0.3) is 0 Å². The van der Waals surface area contributed by atoms with Crippen LogP contribution < -0.4 is 4.74 Å². The van der Waals surface area contributed by atoms with Gasteiger partial charge in [-0.3, -0.25) is 0 Å². The Hall–Kier alpha value is -2.10. The molecule has 19 heavy (non-hydrogen) atoms. The van der Waals surface area contributed by atoms with Crippen LogP contribution in [0.2, 0.25) is 0 Å². The largest absolute Gasteiger partial charge is 0.494 e. The zero-order valence-corrected chi connectivity index (χ0v) is 11.0. The van der Waals surface area contributed by atoms with Crippen molar-refractivity contribution in [3.8, 4) is 5.75 Å². The number of pyridine rings is 1. The van der Waals surface area contributed by atoms with Crippen LogP contribution in [0.15, 0.2) is 24.3 Å². The molecule has 4 nitrogen and oxygen atoms in total. The number of hydrogen-bond donors (Lipinski definition) is 0. The normalized spacial score (nSPS) is 14.4. The van der Waals surface area contributed by atoms with E-state index >= 15 is 0 Å². The maximum absolute atomic E-state index is 11.8. The van der Waals surface area contributed by atoms with Crippen LogP contribution in [0.4, 0.5) is 0 Å². The Morgan fingerprint density at radius 2 is 2.11 bits per heavy atom. The molecule has 1 heterocycles. The molecule has 4 heteroatoms. The van der Waals surface area contributed by atoms with E-state index in [0.29, 0.717) is 11.7 Å². The van der Waals surface area contributed by atoms with Gasteiger partial charge < -0.3 is 9.47 Å². The number of aromatic nitrogens is 1. The van der Waals surface area contributed by atoms with Crippen molar-refractivity contribution in [2.75, 3.05) is 14.2 Å². The van der Waals surface area contributed by atoms with Crippen LogP contribution in [0.5, 0.6) is 5.75 Å². The molecule has 0 atom stereocenters. The summed E-state index contributed by atoms with van der Waals surface area (Å²) in [5, 5.41) is 0.994. The summed E-state index contributed by atoms with van der Waals surface area (Å²) in [5.41, 5.74) is 2.34. The summed E-state index contributed by atoms with van der Waals surface area (Å²) in [6.45, 7) is 0. The number of methoxy groups -OCH3 is 2. The van der Waals surface area contributed by atoms with Crippen molar-refractivity contribution in [3.05, 3.63) is 35.5 Å². The zero-order chi connectivity index (χ0) is 13.4. The van der Waals surface area contributed by atoms with E-state index in [1.54, 1.807) is 0 Å². The van der Waals surface area contributed by atoms with Gasteiger partial charge in [0, 0.05) is 5.39 Å². The van der Waals surface area contributed by atoms with Crippen molar-refractivity contribution in [3.63, 3.8) is 0 Å². The maximum Gasteiger partial charge on any atom is 0.360 e. The lowest BCUT2D eigenvalue weighted by Gasteiger charge is -2.10. The third kappa shape index (κ3) is 2.03. The molecule has 0 N–H and O–H groups in total. The summed E-state index contributed by atoms with van der Waals surface area (Å²) in [4.78, 5) is 16.2. The average Bonchev–Trinajstić information content (AvgIpc) is 3.28. The molecule has 98 valence electrons.